The molecule has 2 amide bonds. The van der Waals surface area contributed by atoms with Gasteiger partial charge in [0.2, 0.25) is 0 Å². The van der Waals surface area contributed by atoms with E-state index < -0.39 is 5.92 Å². The van der Waals surface area contributed by atoms with Crippen molar-refractivity contribution in [1.29, 1.82) is 0 Å². The fourth-order valence-corrected chi connectivity index (χ4v) is 2.28. The van der Waals surface area contributed by atoms with Gasteiger partial charge in [0.05, 0.1) is 6.10 Å². The van der Waals surface area contributed by atoms with Gasteiger partial charge in [-0.2, -0.15) is 0 Å². The second kappa shape index (κ2) is 6.39. The number of carbonyl (C=O) groups excluding carboxylic acids is 1. The van der Waals surface area contributed by atoms with Gasteiger partial charge in [-0.25, -0.2) is 13.6 Å². The molecule has 0 spiro atoms. The number of nitrogens with one attached hydrogen (secondary N) is 2. The maximum atomic E-state index is 13.2. The lowest BCUT2D eigenvalue weighted by Crippen LogP contribution is -2.49. The highest BCUT2D eigenvalue weighted by Gasteiger charge is 2.30. The van der Waals surface area contributed by atoms with Crippen molar-refractivity contribution in [3.05, 3.63) is 29.8 Å². The number of ether oxygens (including phenoxy) is 1. The SMILES string of the molecule is CCOC1CC(NC(=O)Nc2cccc(C(C)(F)F)c2)C1. The Balaban J connectivity index is 1.83. The molecule has 1 aromatic rings. The molecular weight excluding hydrogens is 278 g/mol. The average Bonchev–Trinajstić information content (AvgIpc) is 2.35. The third-order valence-electron chi connectivity index (χ3n) is 3.46. The molecule has 0 bridgehead atoms. The molecule has 1 saturated carbocycles. The summed E-state index contributed by atoms with van der Waals surface area (Å²) in [5.74, 6) is -2.92. The third-order valence-corrected chi connectivity index (χ3v) is 3.46. The van der Waals surface area contributed by atoms with Gasteiger partial charge in [0.15, 0.2) is 0 Å². The van der Waals surface area contributed by atoms with E-state index in [1.54, 1.807) is 6.07 Å². The molecular formula is C15H20F2N2O2. The Morgan fingerprint density at radius 3 is 2.76 bits per heavy atom. The number of hydrogen-bond acceptors (Lipinski definition) is 2. The molecule has 2 rings (SSSR count). The molecule has 0 radical (unpaired) electrons. The summed E-state index contributed by atoms with van der Waals surface area (Å²) in [7, 11) is 0. The van der Waals surface area contributed by atoms with E-state index in [2.05, 4.69) is 10.6 Å². The van der Waals surface area contributed by atoms with Crippen LogP contribution in [0.1, 0.15) is 32.3 Å². The zero-order chi connectivity index (χ0) is 15.5. The van der Waals surface area contributed by atoms with Crippen LogP contribution in [0.2, 0.25) is 0 Å². The molecule has 0 saturated heterocycles. The molecule has 6 heteroatoms. The Labute approximate surface area is 122 Å². The number of alkyl halides is 2. The Bertz CT molecular complexity index is 497. The summed E-state index contributed by atoms with van der Waals surface area (Å²) < 4.78 is 31.8. The highest BCUT2D eigenvalue weighted by Crippen LogP contribution is 2.28. The van der Waals surface area contributed by atoms with E-state index in [4.69, 9.17) is 4.74 Å². The lowest BCUT2D eigenvalue weighted by atomic mass is 9.89. The standard InChI is InChI=1S/C15H20F2N2O2/c1-3-21-13-8-12(9-13)19-14(20)18-11-6-4-5-10(7-11)15(2,16)17/h4-7,12-13H,3,8-9H2,1-2H3,(H2,18,19,20). The van der Waals surface area contributed by atoms with Crippen molar-refractivity contribution in [2.75, 3.05) is 11.9 Å². The Kier molecular flexibility index (Phi) is 4.77. The Morgan fingerprint density at radius 2 is 2.14 bits per heavy atom. The zero-order valence-corrected chi connectivity index (χ0v) is 12.2. The summed E-state index contributed by atoms with van der Waals surface area (Å²) in [5.41, 5.74) is 0.229. The molecule has 0 atom stereocenters. The van der Waals surface area contributed by atoms with Crippen LogP contribution < -0.4 is 10.6 Å². The summed E-state index contributed by atoms with van der Waals surface area (Å²) in [6.45, 7) is 3.43. The van der Waals surface area contributed by atoms with E-state index in [0.29, 0.717) is 12.3 Å². The second-order valence-corrected chi connectivity index (χ2v) is 5.31. The van der Waals surface area contributed by atoms with E-state index >= 15 is 0 Å². The van der Waals surface area contributed by atoms with Crippen LogP contribution in [0.25, 0.3) is 0 Å². The minimum absolute atomic E-state index is 0.0809. The maximum absolute atomic E-state index is 13.2. The van der Waals surface area contributed by atoms with Crippen molar-refractivity contribution in [3.8, 4) is 0 Å². The summed E-state index contributed by atoms with van der Waals surface area (Å²) in [4.78, 5) is 11.8. The van der Waals surface area contributed by atoms with Crippen molar-refractivity contribution < 1.29 is 18.3 Å². The average molecular weight is 298 g/mol. The highest BCUT2D eigenvalue weighted by molar-refractivity contribution is 5.89. The molecule has 0 aliphatic heterocycles. The van der Waals surface area contributed by atoms with Gasteiger partial charge < -0.3 is 15.4 Å². The largest absolute Gasteiger partial charge is 0.378 e. The smallest absolute Gasteiger partial charge is 0.319 e. The van der Waals surface area contributed by atoms with E-state index in [0.717, 1.165) is 19.8 Å². The molecule has 0 aromatic heterocycles. The first kappa shape index (κ1) is 15.7. The first-order valence-electron chi connectivity index (χ1n) is 7.06. The second-order valence-electron chi connectivity index (χ2n) is 5.31. The molecule has 0 unspecified atom stereocenters. The van der Waals surface area contributed by atoms with Crippen molar-refractivity contribution in [2.24, 2.45) is 0 Å². The van der Waals surface area contributed by atoms with Crippen LogP contribution in [0.4, 0.5) is 19.3 Å². The van der Waals surface area contributed by atoms with E-state index in [-0.39, 0.29) is 23.7 Å². The molecule has 1 aliphatic carbocycles. The maximum Gasteiger partial charge on any atom is 0.319 e. The fourth-order valence-electron chi connectivity index (χ4n) is 2.28. The van der Waals surface area contributed by atoms with Crippen LogP contribution in [0.15, 0.2) is 24.3 Å². The number of carbonyl (C=O) groups is 1. The highest BCUT2D eigenvalue weighted by atomic mass is 19.3. The topological polar surface area (TPSA) is 50.4 Å². The van der Waals surface area contributed by atoms with Crippen molar-refractivity contribution >= 4 is 11.7 Å². The number of halogens is 2. The number of anilines is 1. The predicted molar refractivity (Wildman–Crippen MR) is 76.6 cm³/mol. The molecule has 1 fully saturated rings. The zero-order valence-electron chi connectivity index (χ0n) is 12.2. The minimum atomic E-state index is -2.92. The Morgan fingerprint density at radius 1 is 1.43 bits per heavy atom. The summed E-state index contributed by atoms with van der Waals surface area (Å²) >= 11 is 0. The quantitative estimate of drug-likeness (QED) is 0.874. The van der Waals surface area contributed by atoms with Crippen LogP contribution in [-0.4, -0.2) is 24.8 Å². The van der Waals surface area contributed by atoms with Crippen molar-refractivity contribution in [3.63, 3.8) is 0 Å². The van der Waals surface area contributed by atoms with Gasteiger partial charge in [-0.1, -0.05) is 12.1 Å². The Hall–Kier alpha value is -1.69. The van der Waals surface area contributed by atoms with Crippen molar-refractivity contribution in [2.45, 2.75) is 44.8 Å². The van der Waals surface area contributed by atoms with E-state index in [9.17, 15) is 13.6 Å². The van der Waals surface area contributed by atoms with Gasteiger partial charge in [-0.15, -0.1) is 0 Å². The van der Waals surface area contributed by atoms with E-state index in [1.807, 2.05) is 6.92 Å². The number of benzene rings is 1. The molecule has 0 heterocycles. The van der Waals surface area contributed by atoms with Crippen LogP contribution >= 0.6 is 0 Å². The van der Waals surface area contributed by atoms with E-state index in [1.165, 1.54) is 18.2 Å². The van der Waals surface area contributed by atoms with Gasteiger partial charge >= 0.3 is 6.03 Å². The number of urea groups is 1. The molecule has 116 valence electrons. The van der Waals surface area contributed by atoms with Crippen LogP contribution in [0.3, 0.4) is 0 Å². The number of hydrogen-bond donors (Lipinski definition) is 2. The number of amides is 2. The monoisotopic (exact) mass is 298 g/mol. The summed E-state index contributed by atoms with van der Waals surface area (Å²) in [5, 5.41) is 5.37. The first-order valence-corrected chi connectivity index (χ1v) is 7.06. The normalized spacial score (nSPS) is 21.5. The summed E-state index contributed by atoms with van der Waals surface area (Å²) in [6.07, 6.45) is 1.78. The van der Waals surface area contributed by atoms with Crippen molar-refractivity contribution in [1.82, 2.24) is 5.32 Å². The molecule has 1 aromatic carbocycles. The lowest BCUT2D eigenvalue weighted by molar-refractivity contribution is -0.00674. The minimum Gasteiger partial charge on any atom is -0.378 e. The fraction of sp³-hybridized carbons (Fsp3) is 0.533. The van der Waals surface area contributed by atoms with Gasteiger partial charge in [-0.3, -0.25) is 0 Å². The predicted octanol–water partition coefficient (Wildman–Crippen LogP) is 3.49. The first-order chi connectivity index (χ1) is 9.88. The lowest BCUT2D eigenvalue weighted by Gasteiger charge is -2.35. The number of rotatable bonds is 5. The van der Waals surface area contributed by atoms with Crippen LogP contribution in [0, 0.1) is 0 Å². The van der Waals surface area contributed by atoms with Crippen LogP contribution in [0.5, 0.6) is 0 Å². The molecule has 4 nitrogen and oxygen atoms in total. The van der Waals surface area contributed by atoms with Gasteiger partial charge in [0.1, 0.15) is 0 Å². The summed E-state index contributed by atoms with van der Waals surface area (Å²) in [6, 6.07) is 5.39. The van der Waals surface area contributed by atoms with Gasteiger partial charge in [0.25, 0.3) is 5.92 Å². The van der Waals surface area contributed by atoms with Crippen LogP contribution in [-0.2, 0) is 10.7 Å². The van der Waals surface area contributed by atoms with Gasteiger partial charge in [0, 0.05) is 30.8 Å². The molecule has 1 aliphatic rings. The molecule has 2 N–H and O–H groups in total. The third kappa shape index (κ3) is 4.39. The van der Waals surface area contributed by atoms with Gasteiger partial charge in [-0.05, 0) is 31.9 Å². The molecule has 21 heavy (non-hydrogen) atoms.